The Balaban J connectivity index is 1.60. The van der Waals surface area contributed by atoms with Crippen molar-refractivity contribution in [3.8, 4) is 0 Å². The fraction of sp³-hybridized carbons (Fsp3) is 0.812. The largest absolute Gasteiger partial charge is 0.348 e. The standard InChI is InChI=1S/C16H28N4S/c1-12(2)17-9-14-11-21-16(18-14)20-8-6-15-13(10-20)5-4-7-19(15)3/h11-13,15,17H,4-10H2,1-3H3. The van der Waals surface area contributed by atoms with Crippen LogP contribution in [0.3, 0.4) is 0 Å². The van der Waals surface area contributed by atoms with Crippen LogP contribution in [-0.2, 0) is 6.54 Å². The van der Waals surface area contributed by atoms with Crippen molar-refractivity contribution in [1.29, 1.82) is 0 Å². The first kappa shape index (κ1) is 15.3. The van der Waals surface area contributed by atoms with Gasteiger partial charge in [0.2, 0.25) is 0 Å². The van der Waals surface area contributed by atoms with Crippen LogP contribution in [0, 0.1) is 5.92 Å². The lowest BCUT2D eigenvalue weighted by Crippen LogP contribution is -2.52. The molecule has 3 rings (SSSR count). The lowest BCUT2D eigenvalue weighted by molar-refractivity contribution is 0.102. The summed E-state index contributed by atoms with van der Waals surface area (Å²) in [5.74, 6) is 0.832. The van der Waals surface area contributed by atoms with Crippen molar-refractivity contribution in [3.05, 3.63) is 11.1 Å². The van der Waals surface area contributed by atoms with Crippen molar-refractivity contribution in [1.82, 2.24) is 15.2 Å². The summed E-state index contributed by atoms with van der Waals surface area (Å²) in [6, 6.07) is 1.32. The van der Waals surface area contributed by atoms with Crippen LogP contribution in [0.5, 0.6) is 0 Å². The first-order valence-corrected chi connectivity index (χ1v) is 9.14. The summed E-state index contributed by atoms with van der Waals surface area (Å²) >= 11 is 1.81. The molecule has 3 heterocycles. The zero-order valence-electron chi connectivity index (χ0n) is 13.5. The van der Waals surface area contributed by atoms with E-state index in [0.29, 0.717) is 6.04 Å². The minimum atomic E-state index is 0.517. The Morgan fingerprint density at radius 3 is 3.05 bits per heavy atom. The van der Waals surface area contributed by atoms with Crippen molar-refractivity contribution in [2.24, 2.45) is 5.92 Å². The quantitative estimate of drug-likeness (QED) is 0.926. The highest BCUT2D eigenvalue weighted by atomic mass is 32.1. The molecule has 0 spiro atoms. The Morgan fingerprint density at radius 2 is 2.24 bits per heavy atom. The summed E-state index contributed by atoms with van der Waals surface area (Å²) in [4.78, 5) is 9.92. The topological polar surface area (TPSA) is 31.4 Å². The Labute approximate surface area is 132 Å². The highest BCUT2D eigenvalue weighted by Gasteiger charge is 2.34. The number of nitrogens with zero attached hydrogens (tertiary/aromatic N) is 3. The van der Waals surface area contributed by atoms with Gasteiger partial charge in [-0.3, -0.25) is 0 Å². The molecule has 5 heteroatoms. The number of hydrogen-bond donors (Lipinski definition) is 1. The second kappa shape index (κ2) is 6.63. The number of hydrogen-bond acceptors (Lipinski definition) is 5. The first-order chi connectivity index (χ1) is 10.1. The van der Waals surface area contributed by atoms with Crippen LogP contribution in [0.4, 0.5) is 5.13 Å². The maximum absolute atomic E-state index is 4.83. The highest BCUT2D eigenvalue weighted by Crippen LogP contribution is 2.33. The number of thiazole rings is 1. The number of piperidine rings is 2. The summed E-state index contributed by atoms with van der Waals surface area (Å²) in [7, 11) is 2.30. The molecule has 2 fully saturated rings. The maximum Gasteiger partial charge on any atom is 0.185 e. The summed E-state index contributed by atoms with van der Waals surface area (Å²) in [6.45, 7) is 8.88. The van der Waals surface area contributed by atoms with Gasteiger partial charge in [0.05, 0.1) is 5.69 Å². The predicted molar refractivity (Wildman–Crippen MR) is 90.1 cm³/mol. The van der Waals surface area contributed by atoms with Gasteiger partial charge in [0.1, 0.15) is 0 Å². The van der Waals surface area contributed by atoms with Crippen LogP contribution in [0.2, 0.25) is 0 Å². The van der Waals surface area contributed by atoms with Crippen LogP contribution in [0.25, 0.3) is 0 Å². The van der Waals surface area contributed by atoms with Crippen LogP contribution < -0.4 is 10.2 Å². The molecule has 0 bridgehead atoms. The van der Waals surface area contributed by atoms with Gasteiger partial charge in [-0.15, -0.1) is 11.3 Å². The van der Waals surface area contributed by atoms with E-state index in [1.807, 2.05) is 11.3 Å². The van der Waals surface area contributed by atoms with Crippen LogP contribution >= 0.6 is 11.3 Å². The fourth-order valence-electron chi connectivity index (χ4n) is 3.66. The van der Waals surface area contributed by atoms with Gasteiger partial charge in [-0.25, -0.2) is 4.98 Å². The average Bonchev–Trinajstić information content (AvgIpc) is 2.94. The third-order valence-corrected chi connectivity index (χ3v) is 5.80. The molecule has 1 aromatic rings. The molecule has 0 saturated carbocycles. The third-order valence-electron chi connectivity index (χ3n) is 4.85. The van der Waals surface area contributed by atoms with Gasteiger partial charge in [-0.05, 0) is 38.8 Å². The number of rotatable bonds is 4. The molecule has 21 heavy (non-hydrogen) atoms. The monoisotopic (exact) mass is 308 g/mol. The molecule has 1 N–H and O–H groups in total. The Kier molecular flexibility index (Phi) is 4.82. The molecule has 2 unspecified atom stereocenters. The summed E-state index contributed by atoms with van der Waals surface area (Å²) in [6.07, 6.45) is 4.03. The van der Waals surface area contributed by atoms with E-state index >= 15 is 0 Å². The van der Waals surface area contributed by atoms with E-state index in [-0.39, 0.29) is 0 Å². The minimum Gasteiger partial charge on any atom is -0.348 e. The van der Waals surface area contributed by atoms with E-state index < -0.39 is 0 Å². The van der Waals surface area contributed by atoms with E-state index in [0.717, 1.165) is 25.0 Å². The molecule has 0 amide bonds. The van der Waals surface area contributed by atoms with Crippen molar-refractivity contribution in [2.45, 2.75) is 51.7 Å². The van der Waals surface area contributed by atoms with E-state index in [4.69, 9.17) is 4.98 Å². The second-order valence-electron chi connectivity index (χ2n) is 6.84. The SMILES string of the molecule is CC(C)NCc1csc(N2CCC3C(CCCN3C)C2)n1. The fourth-order valence-corrected chi connectivity index (χ4v) is 4.52. The van der Waals surface area contributed by atoms with Gasteiger partial charge in [-0.1, -0.05) is 13.8 Å². The Bertz CT molecular complexity index is 459. The molecule has 1 aromatic heterocycles. The van der Waals surface area contributed by atoms with Crippen LogP contribution in [0.1, 0.15) is 38.8 Å². The zero-order valence-corrected chi connectivity index (χ0v) is 14.3. The Hall–Kier alpha value is -0.650. The molecular weight excluding hydrogens is 280 g/mol. The normalized spacial score (nSPS) is 27.1. The molecule has 2 atom stereocenters. The highest BCUT2D eigenvalue weighted by molar-refractivity contribution is 7.13. The van der Waals surface area contributed by atoms with Crippen molar-refractivity contribution >= 4 is 16.5 Å². The first-order valence-electron chi connectivity index (χ1n) is 8.26. The molecule has 2 saturated heterocycles. The lowest BCUT2D eigenvalue weighted by Gasteiger charge is -2.45. The van der Waals surface area contributed by atoms with Gasteiger partial charge in [0.25, 0.3) is 0 Å². The average molecular weight is 308 g/mol. The van der Waals surface area contributed by atoms with Gasteiger partial charge >= 0.3 is 0 Å². The van der Waals surface area contributed by atoms with Crippen molar-refractivity contribution in [3.63, 3.8) is 0 Å². The maximum atomic E-state index is 4.83. The molecule has 118 valence electrons. The smallest absolute Gasteiger partial charge is 0.185 e. The summed E-state index contributed by atoms with van der Waals surface area (Å²) < 4.78 is 0. The molecule has 2 aliphatic rings. The van der Waals surface area contributed by atoms with E-state index in [9.17, 15) is 0 Å². The molecular formula is C16H28N4S. The van der Waals surface area contributed by atoms with E-state index in [2.05, 4.69) is 41.4 Å². The number of aromatic nitrogens is 1. The number of anilines is 1. The number of nitrogens with one attached hydrogen (secondary N) is 1. The molecule has 0 aliphatic carbocycles. The summed E-state index contributed by atoms with van der Waals surface area (Å²) in [5, 5.41) is 6.88. The predicted octanol–water partition coefficient (Wildman–Crippen LogP) is 2.56. The van der Waals surface area contributed by atoms with Crippen molar-refractivity contribution < 1.29 is 0 Å². The zero-order chi connectivity index (χ0) is 14.8. The lowest BCUT2D eigenvalue weighted by atomic mass is 9.84. The Morgan fingerprint density at radius 1 is 1.38 bits per heavy atom. The summed E-state index contributed by atoms with van der Waals surface area (Å²) in [5.41, 5.74) is 1.19. The van der Waals surface area contributed by atoms with Crippen molar-refractivity contribution in [2.75, 3.05) is 31.6 Å². The molecule has 2 aliphatic heterocycles. The van der Waals surface area contributed by atoms with Gasteiger partial charge < -0.3 is 15.1 Å². The third kappa shape index (κ3) is 3.58. The van der Waals surface area contributed by atoms with E-state index in [1.165, 1.54) is 43.2 Å². The van der Waals surface area contributed by atoms with Gasteiger partial charge in [0, 0.05) is 37.1 Å². The van der Waals surface area contributed by atoms with E-state index in [1.54, 1.807) is 0 Å². The molecule has 0 radical (unpaired) electrons. The molecule has 0 aromatic carbocycles. The minimum absolute atomic E-state index is 0.517. The van der Waals surface area contributed by atoms with Gasteiger partial charge in [0.15, 0.2) is 5.13 Å². The number of likely N-dealkylation sites (tertiary alicyclic amines) is 1. The van der Waals surface area contributed by atoms with Crippen LogP contribution in [-0.4, -0.2) is 48.6 Å². The second-order valence-corrected chi connectivity index (χ2v) is 7.68. The van der Waals surface area contributed by atoms with Crippen LogP contribution in [0.15, 0.2) is 5.38 Å². The van der Waals surface area contributed by atoms with Gasteiger partial charge in [-0.2, -0.15) is 0 Å². The molecule has 4 nitrogen and oxygen atoms in total. The number of fused-ring (bicyclic) bond motifs is 1.